The van der Waals surface area contributed by atoms with Gasteiger partial charge in [-0.05, 0) is 72.9 Å². The van der Waals surface area contributed by atoms with Crippen molar-refractivity contribution >= 4 is 11.3 Å². The third-order valence-corrected chi connectivity index (χ3v) is 6.27. The molecule has 2 heterocycles. The summed E-state index contributed by atoms with van der Waals surface area (Å²) in [6.07, 6.45) is 4.77. The summed E-state index contributed by atoms with van der Waals surface area (Å²) in [7, 11) is 0. The molecule has 2 aromatic rings. The summed E-state index contributed by atoms with van der Waals surface area (Å²) in [5.41, 5.74) is 2.64. The molecule has 1 aromatic carbocycles. The van der Waals surface area contributed by atoms with Gasteiger partial charge in [-0.15, -0.1) is 11.3 Å². The fourth-order valence-corrected chi connectivity index (χ4v) is 5.00. The maximum atomic E-state index is 13.4. The summed E-state index contributed by atoms with van der Waals surface area (Å²) < 4.78 is 13.4. The van der Waals surface area contributed by atoms with Gasteiger partial charge in [0.15, 0.2) is 0 Å². The quantitative estimate of drug-likeness (QED) is 0.786. The van der Waals surface area contributed by atoms with Crippen LogP contribution in [-0.4, -0.2) is 24.5 Å². The van der Waals surface area contributed by atoms with E-state index in [-0.39, 0.29) is 5.82 Å². The van der Waals surface area contributed by atoms with E-state index in [0.29, 0.717) is 5.92 Å². The summed E-state index contributed by atoms with van der Waals surface area (Å²) in [4.78, 5) is 4.15. The SMILES string of the molecule is Fc1ccc2c(c1)CCCC2CN1CCC(c2cccs2)C1. The summed E-state index contributed by atoms with van der Waals surface area (Å²) in [6, 6.07) is 9.85. The average molecular weight is 315 g/mol. The molecular formula is C19H22FNS. The maximum Gasteiger partial charge on any atom is 0.123 e. The maximum absolute atomic E-state index is 13.4. The van der Waals surface area contributed by atoms with Crippen LogP contribution in [0.4, 0.5) is 4.39 Å². The highest BCUT2D eigenvalue weighted by Crippen LogP contribution is 2.36. The number of thiophene rings is 1. The van der Waals surface area contributed by atoms with Gasteiger partial charge in [0, 0.05) is 23.9 Å². The van der Waals surface area contributed by atoms with E-state index in [4.69, 9.17) is 0 Å². The highest BCUT2D eigenvalue weighted by atomic mass is 32.1. The Bertz CT molecular complexity index is 637. The topological polar surface area (TPSA) is 3.24 Å². The zero-order valence-electron chi connectivity index (χ0n) is 12.8. The minimum Gasteiger partial charge on any atom is -0.302 e. The van der Waals surface area contributed by atoms with E-state index in [0.717, 1.165) is 18.9 Å². The molecule has 0 amide bonds. The fourth-order valence-electron chi connectivity index (χ4n) is 4.14. The summed E-state index contributed by atoms with van der Waals surface area (Å²) in [5.74, 6) is 1.22. The molecule has 2 unspecified atom stereocenters. The number of benzene rings is 1. The molecule has 2 atom stereocenters. The van der Waals surface area contributed by atoms with Crippen molar-refractivity contribution in [3.63, 3.8) is 0 Å². The van der Waals surface area contributed by atoms with Crippen LogP contribution < -0.4 is 0 Å². The first-order chi connectivity index (χ1) is 10.8. The van der Waals surface area contributed by atoms with Crippen LogP contribution in [0.5, 0.6) is 0 Å². The van der Waals surface area contributed by atoms with Crippen LogP contribution in [0.3, 0.4) is 0 Å². The lowest BCUT2D eigenvalue weighted by Gasteiger charge is -2.29. The highest BCUT2D eigenvalue weighted by Gasteiger charge is 2.28. The fraction of sp³-hybridized carbons (Fsp3) is 0.474. The summed E-state index contributed by atoms with van der Waals surface area (Å²) in [6.45, 7) is 3.53. The molecule has 1 fully saturated rings. The number of hydrogen-bond donors (Lipinski definition) is 0. The Balaban J connectivity index is 1.45. The second-order valence-electron chi connectivity index (χ2n) is 6.69. The van der Waals surface area contributed by atoms with Crippen LogP contribution in [0, 0.1) is 5.82 Å². The minimum atomic E-state index is -0.0849. The number of likely N-dealkylation sites (tertiary alicyclic amines) is 1. The number of aryl methyl sites for hydroxylation is 1. The van der Waals surface area contributed by atoms with Crippen molar-refractivity contribution in [2.24, 2.45) is 0 Å². The Hall–Kier alpha value is -1.19. The molecule has 22 heavy (non-hydrogen) atoms. The standard InChI is InChI=1S/C19H22FNS/c20-17-6-7-18-14(11-17)3-1-4-15(18)12-21-9-8-16(13-21)19-5-2-10-22-19/h2,5-7,10-11,15-16H,1,3-4,8-9,12-13H2. The highest BCUT2D eigenvalue weighted by molar-refractivity contribution is 7.10. The molecule has 1 nitrogen and oxygen atoms in total. The first-order valence-corrected chi connectivity index (χ1v) is 9.21. The first kappa shape index (κ1) is 14.4. The third-order valence-electron chi connectivity index (χ3n) is 5.24. The average Bonchev–Trinajstić information content (AvgIpc) is 3.18. The molecule has 1 aromatic heterocycles. The molecule has 0 bridgehead atoms. The lowest BCUT2D eigenvalue weighted by atomic mass is 9.82. The second-order valence-corrected chi connectivity index (χ2v) is 7.67. The van der Waals surface area contributed by atoms with Crippen molar-refractivity contribution in [3.8, 4) is 0 Å². The molecule has 0 spiro atoms. The molecule has 1 saturated heterocycles. The number of halogens is 1. The van der Waals surface area contributed by atoms with E-state index in [9.17, 15) is 4.39 Å². The van der Waals surface area contributed by atoms with E-state index in [1.54, 1.807) is 12.1 Å². The number of rotatable bonds is 3. The Morgan fingerprint density at radius 2 is 2.18 bits per heavy atom. The summed E-state index contributed by atoms with van der Waals surface area (Å²) in [5, 5.41) is 2.18. The monoisotopic (exact) mass is 315 g/mol. The number of hydrogen-bond acceptors (Lipinski definition) is 2. The van der Waals surface area contributed by atoms with Gasteiger partial charge >= 0.3 is 0 Å². The molecule has 0 radical (unpaired) electrons. The van der Waals surface area contributed by atoms with Crippen molar-refractivity contribution in [1.29, 1.82) is 0 Å². The molecule has 3 heteroatoms. The van der Waals surface area contributed by atoms with Crippen molar-refractivity contribution in [1.82, 2.24) is 4.90 Å². The normalized spacial score (nSPS) is 25.3. The third kappa shape index (κ3) is 2.84. The van der Waals surface area contributed by atoms with Gasteiger partial charge in [0.25, 0.3) is 0 Å². The zero-order chi connectivity index (χ0) is 14.9. The van der Waals surface area contributed by atoms with E-state index >= 15 is 0 Å². The molecule has 0 saturated carbocycles. The predicted molar refractivity (Wildman–Crippen MR) is 90.2 cm³/mol. The van der Waals surface area contributed by atoms with Crippen molar-refractivity contribution < 1.29 is 4.39 Å². The van der Waals surface area contributed by atoms with E-state index in [1.165, 1.54) is 48.4 Å². The van der Waals surface area contributed by atoms with Gasteiger partial charge in [0.1, 0.15) is 5.82 Å². The minimum absolute atomic E-state index is 0.0849. The predicted octanol–water partition coefficient (Wildman–Crippen LogP) is 4.80. The lowest BCUT2D eigenvalue weighted by Crippen LogP contribution is -2.28. The Morgan fingerprint density at radius 1 is 1.23 bits per heavy atom. The number of fused-ring (bicyclic) bond motifs is 1. The van der Waals surface area contributed by atoms with E-state index in [2.05, 4.69) is 22.4 Å². The summed E-state index contributed by atoms with van der Waals surface area (Å²) >= 11 is 1.89. The molecular weight excluding hydrogens is 293 g/mol. The molecule has 0 N–H and O–H groups in total. The van der Waals surface area contributed by atoms with Crippen molar-refractivity contribution in [2.45, 2.75) is 37.5 Å². The molecule has 2 aliphatic rings. The Labute approximate surface area is 135 Å². The van der Waals surface area contributed by atoms with Gasteiger partial charge in [-0.2, -0.15) is 0 Å². The van der Waals surface area contributed by atoms with E-state index in [1.807, 2.05) is 17.4 Å². The molecule has 116 valence electrons. The van der Waals surface area contributed by atoms with Gasteiger partial charge in [0.2, 0.25) is 0 Å². The number of nitrogens with zero attached hydrogens (tertiary/aromatic N) is 1. The Morgan fingerprint density at radius 3 is 3.05 bits per heavy atom. The van der Waals surface area contributed by atoms with Crippen LogP contribution in [0.2, 0.25) is 0 Å². The van der Waals surface area contributed by atoms with Crippen molar-refractivity contribution in [3.05, 3.63) is 57.5 Å². The van der Waals surface area contributed by atoms with Crippen LogP contribution in [-0.2, 0) is 6.42 Å². The van der Waals surface area contributed by atoms with Gasteiger partial charge in [-0.3, -0.25) is 0 Å². The van der Waals surface area contributed by atoms with Gasteiger partial charge < -0.3 is 4.90 Å². The Kier molecular flexibility index (Phi) is 4.01. The molecule has 4 rings (SSSR count). The smallest absolute Gasteiger partial charge is 0.123 e. The van der Waals surface area contributed by atoms with Gasteiger partial charge in [-0.1, -0.05) is 12.1 Å². The lowest BCUT2D eigenvalue weighted by molar-refractivity contribution is 0.297. The largest absolute Gasteiger partial charge is 0.302 e. The van der Waals surface area contributed by atoms with Gasteiger partial charge in [-0.25, -0.2) is 4.39 Å². The van der Waals surface area contributed by atoms with Crippen LogP contribution in [0.25, 0.3) is 0 Å². The molecule has 1 aliphatic heterocycles. The van der Waals surface area contributed by atoms with Crippen LogP contribution in [0.1, 0.15) is 47.1 Å². The zero-order valence-corrected chi connectivity index (χ0v) is 13.6. The molecule has 1 aliphatic carbocycles. The van der Waals surface area contributed by atoms with Crippen molar-refractivity contribution in [2.75, 3.05) is 19.6 Å². The second kappa shape index (κ2) is 6.13. The van der Waals surface area contributed by atoms with Crippen LogP contribution >= 0.6 is 11.3 Å². The van der Waals surface area contributed by atoms with Crippen LogP contribution in [0.15, 0.2) is 35.7 Å². The first-order valence-electron chi connectivity index (χ1n) is 8.33. The van der Waals surface area contributed by atoms with Gasteiger partial charge in [0.05, 0.1) is 0 Å². The van der Waals surface area contributed by atoms with E-state index < -0.39 is 0 Å².